The molecule has 0 aliphatic rings. The molecule has 0 unspecified atom stereocenters. The number of rotatable bonds is 5. The number of anilines is 1. The number of methoxy groups -OCH3 is 1. The highest BCUT2D eigenvalue weighted by atomic mass is 35.5. The Bertz CT molecular complexity index is 1360. The first kappa shape index (κ1) is 20.3. The van der Waals surface area contributed by atoms with E-state index in [4.69, 9.17) is 16.3 Å². The summed E-state index contributed by atoms with van der Waals surface area (Å²) in [4.78, 5) is 4.71. The zero-order chi connectivity index (χ0) is 21.5. The molecule has 8 heteroatoms. The zero-order valence-electron chi connectivity index (χ0n) is 16.7. The molecule has 0 atom stereocenters. The molecule has 2 aromatic carbocycles. The maximum absolute atomic E-state index is 12.9. The Hall–Kier alpha value is -3.03. The van der Waals surface area contributed by atoms with Crippen molar-refractivity contribution in [1.29, 1.82) is 0 Å². The molecule has 6 nitrogen and oxygen atoms in total. The Morgan fingerprint density at radius 3 is 2.60 bits per heavy atom. The number of aryl methyl sites for hydroxylation is 2. The Morgan fingerprint density at radius 2 is 1.87 bits per heavy atom. The third-order valence-corrected chi connectivity index (χ3v) is 6.49. The molecule has 4 aromatic rings. The first-order valence-corrected chi connectivity index (χ1v) is 11.1. The Morgan fingerprint density at radius 1 is 1.07 bits per heavy atom. The zero-order valence-corrected chi connectivity index (χ0v) is 18.3. The van der Waals surface area contributed by atoms with Crippen LogP contribution in [-0.4, -0.2) is 24.9 Å². The van der Waals surface area contributed by atoms with Gasteiger partial charge in [0.2, 0.25) is 0 Å². The summed E-state index contributed by atoms with van der Waals surface area (Å²) >= 11 is 6.10. The fourth-order valence-electron chi connectivity index (χ4n) is 3.13. The molecule has 1 N–H and O–H groups in total. The highest BCUT2D eigenvalue weighted by Gasteiger charge is 2.18. The quantitative estimate of drug-likeness (QED) is 0.468. The van der Waals surface area contributed by atoms with Crippen molar-refractivity contribution in [3.8, 4) is 17.0 Å². The van der Waals surface area contributed by atoms with E-state index in [0.29, 0.717) is 11.4 Å². The number of sulfonamides is 1. The minimum Gasteiger partial charge on any atom is -0.495 e. The van der Waals surface area contributed by atoms with E-state index < -0.39 is 10.0 Å². The number of pyridine rings is 1. The van der Waals surface area contributed by atoms with Crippen LogP contribution < -0.4 is 9.46 Å². The fourth-order valence-corrected chi connectivity index (χ4v) is 4.60. The van der Waals surface area contributed by atoms with Gasteiger partial charge in [-0.25, -0.2) is 13.4 Å². The number of nitrogens with one attached hydrogen (secondary N) is 1. The standard InChI is InChI=1S/C22H20ClN3O3S/c1-14-8-9-26-13-20(24-22(26)10-14)16-5-4-15(2)19(11-16)25-30(27,28)17-6-7-21(29-3)18(23)12-17/h4-13,25H,1-3H3. The lowest BCUT2D eigenvalue weighted by molar-refractivity contribution is 0.414. The van der Waals surface area contributed by atoms with Crippen molar-refractivity contribution in [2.75, 3.05) is 11.8 Å². The van der Waals surface area contributed by atoms with Crippen LogP contribution in [0.25, 0.3) is 16.9 Å². The molecular weight excluding hydrogens is 422 g/mol. The second kappa shape index (κ2) is 7.66. The summed E-state index contributed by atoms with van der Waals surface area (Å²) < 4.78 is 35.5. The van der Waals surface area contributed by atoms with Gasteiger partial charge in [0.15, 0.2) is 0 Å². The number of imidazole rings is 1. The Balaban J connectivity index is 1.70. The van der Waals surface area contributed by atoms with Crippen LogP contribution in [0.5, 0.6) is 5.75 Å². The number of ether oxygens (including phenoxy) is 1. The molecule has 0 radical (unpaired) electrons. The minimum atomic E-state index is -3.83. The molecule has 154 valence electrons. The lowest BCUT2D eigenvalue weighted by atomic mass is 10.1. The second-order valence-electron chi connectivity index (χ2n) is 7.03. The lowest BCUT2D eigenvalue weighted by Crippen LogP contribution is -2.14. The average Bonchev–Trinajstić information content (AvgIpc) is 3.12. The maximum Gasteiger partial charge on any atom is 0.261 e. The highest BCUT2D eigenvalue weighted by Crippen LogP contribution is 2.30. The molecule has 0 amide bonds. The summed E-state index contributed by atoms with van der Waals surface area (Å²) in [5.41, 5.74) is 4.80. The molecule has 0 saturated heterocycles. The van der Waals surface area contributed by atoms with Crippen molar-refractivity contribution in [3.05, 3.63) is 77.1 Å². The molecule has 0 spiro atoms. The lowest BCUT2D eigenvalue weighted by Gasteiger charge is -2.13. The Kier molecular flexibility index (Phi) is 5.17. The van der Waals surface area contributed by atoms with E-state index in [2.05, 4.69) is 9.71 Å². The topological polar surface area (TPSA) is 72.7 Å². The number of fused-ring (bicyclic) bond motifs is 1. The van der Waals surface area contributed by atoms with Crippen LogP contribution >= 0.6 is 11.6 Å². The van der Waals surface area contributed by atoms with Gasteiger partial charge in [-0.15, -0.1) is 0 Å². The highest BCUT2D eigenvalue weighted by molar-refractivity contribution is 7.92. The van der Waals surface area contributed by atoms with Gasteiger partial charge in [0.25, 0.3) is 10.0 Å². The SMILES string of the molecule is COc1ccc(S(=O)(=O)Nc2cc(-c3cn4ccc(C)cc4n3)ccc2C)cc1Cl. The van der Waals surface area contributed by atoms with Gasteiger partial charge in [-0.2, -0.15) is 0 Å². The molecule has 0 aliphatic carbocycles. The van der Waals surface area contributed by atoms with Gasteiger partial charge in [-0.3, -0.25) is 4.72 Å². The number of halogens is 1. The molecule has 0 aliphatic heterocycles. The van der Waals surface area contributed by atoms with Crippen LogP contribution in [0.15, 0.2) is 65.8 Å². The van der Waals surface area contributed by atoms with Gasteiger partial charge in [0, 0.05) is 18.0 Å². The van der Waals surface area contributed by atoms with E-state index in [9.17, 15) is 8.42 Å². The molecule has 0 fully saturated rings. The van der Waals surface area contributed by atoms with Crippen molar-refractivity contribution in [1.82, 2.24) is 9.38 Å². The predicted molar refractivity (Wildman–Crippen MR) is 119 cm³/mol. The molecule has 0 bridgehead atoms. The van der Waals surface area contributed by atoms with Crippen LogP contribution in [0.4, 0.5) is 5.69 Å². The van der Waals surface area contributed by atoms with Crippen molar-refractivity contribution in [2.24, 2.45) is 0 Å². The third kappa shape index (κ3) is 3.86. The first-order chi connectivity index (χ1) is 14.3. The van der Waals surface area contributed by atoms with Crippen LogP contribution in [-0.2, 0) is 10.0 Å². The molecule has 2 heterocycles. The molecule has 0 saturated carbocycles. The summed E-state index contributed by atoms with van der Waals surface area (Å²) in [5.74, 6) is 0.413. The van der Waals surface area contributed by atoms with Gasteiger partial charge in [-0.1, -0.05) is 23.7 Å². The van der Waals surface area contributed by atoms with Gasteiger partial charge >= 0.3 is 0 Å². The normalized spacial score (nSPS) is 11.6. The van der Waals surface area contributed by atoms with Crippen molar-refractivity contribution in [3.63, 3.8) is 0 Å². The van der Waals surface area contributed by atoms with Crippen LogP contribution in [0.1, 0.15) is 11.1 Å². The van der Waals surface area contributed by atoms with E-state index in [1.165, 1.54) is 25.3 Å². The number of benzene rings is 2. The number of aromatic nitrogens is 2. The average molecular weight is 442 g/mol. The van der Waals surface area contributed by atoms with E-state index >= 15 is 0 Å². The van der Waals surface area contributed by atoms with Crippen LogP contribution in [0, 0.1) is 13.8 Å². The number of nitrogens with zero attached hydrogens (tertiary/aromatic N) is 2. The predicted octanol–water partition coefficient (Wildman–Crippen LogP) is 5.08. The summed E-state index contributed by atoms with van der Waals surface area (Å²) in [6.07, 6.45) is 3.87. The van der Waals surface area contributed by atoms with Crippen LogP contribution in [0.3, 0.4) is 0 Å². The Labute approximate surface area is 180 Å². The van der Waals surface area contributed by atoms with E-state index in [1.807, 2.05) is 54.9 Å². The first-order valence-electron chi connectivity index (χ1n) is 9.19. The van der Waals surface area contributed by atoms with Crippen molar-refractivity contribution < 1.29 is 13.2 Å². The van der Waals surface area contributed by atoms with E-state index in [1.54, 1.807) is 6.07 Å². The number of hydrogen-bond acceptors (Lipinski definition) is 4. The van der Waals surface area contributed by atoms with Gasteiger partial charge in [-0.05, 0) is 61.4 Å². The van der Waals surface area contributed by atoms with Crippen molar-refractivity contribution in [2.45, 2.75) is 18.7 Å². The fraction of sp³-hybridized carbons (Fsp3) is 0.136. The largest absolute Gasteiger partial charge is 0.495 e. The van der Waals surface area contributed by atoms with Gasteiger partial charge < -0.3 is 9.14 Å². The van der Waals surface area contributed by atoms with Crippen LogP contribution in [0.2, 0.25) is 5.02 Å². The second-order valence-corrected chi connectivity index (χ2v) is 9.12. The van der Waals surface area contributed by atoms with E-state index in [0.717, 1.165) is 28.0 Å². The molecule has 4 rings (SSSR count). The van der Waals surface area contributed by atoms with Gasteiger partial charge in [0.1, 0.15) is 11.4 Å². The van der Waals surface area contributed by atoms with Crippen molar-refractivity contribution >= 4 is 33.0 Å². The number of hydrogen-bond donors (Lipinski definition) is 1. The smallest absolute Gasteiger partial charge is 0.261 e. The molecule has 2 aromatic heterocycles. The summed E-state index contributed by atoms with van der Waals surface area (Å²) in [7, 11) is -2.35. The summed E-state index contributed by atoms with van der Waals surface area (Å²) in [5, 5.41) is 0.228. The molecular formula is C22H20ClN3O3S. The molecule has 30 heavy (non-hydrogen) atoms. The summed E-state index contributed by atoms with van der Waals surface area (Å²) in [6.45, 7) is 3.86. The van der Waals surface area contributed by atoms with E-state index in [-0.39, 0.29) is 9.92 Å². The monoisotopic (exact) mass is 441 g/mol. The van der Waals surface area contributed by atoms with Gasteiger partial charge in [0.05, 0.1) is 28.4 Å². The maximum atomic E-state index is 12.9. The minimum absolute atomic E-state index is 0.0568. The summed E-state index contributed by atoms with van der Waals surface area (Å²) in [6, 6.07) is 13.9. The third-order valence-electron chi connectivity index (χ3n) is 4.83.